The lowest BCUT2D eigenvalue weighted by atomic mass is 10.3. The third-order valence-corrected chi connectivity index (χ3v) is 2.44. The fourth-order valence-corrected chi connectivity index (χ4v) is 1.48. The van der Waals surface area contributed by atoms with E-state index in [9.17, 15) is 21.6 Å². The Morgan fingerprint density at radius 2 is 1.93 bits per heavy atom. The van der Waals surface area contributed by atoms with Crippen LogP contribution in [0, 0.1) is 0 Å². The van der Waals surface area contributed by atoms with Crippen LogP contribution in [0.3, 0.4) is 0 Å². The number of aromatic nitrogens is 1. The minimum Gasteiger partial charge on any atom is -0.243 e. The zero-order valence-electron chi connectivity index (χ0n) is 6.38. The van der Waals surface area contributed by atoms with Crippen molar-refractivity contribution >= 4 is 22.3 Å². The van der Waals surface area contributed by atoms with Crippen LogP contribution in [0.15, 0.2) is 17.3 Å². The topological polar surface area (TPSA) is 47.0 Å². The summed E-state index contributed by atoms with van der Waals surface area (Å²) in [6, 6.07) is 0.523. The number of alkyl halides is 3. The number of hydrogen-bond donors (Lipinski definition) is 1. The van der Waals surface area contributed by atoms with Crippen molar-refractivity contribution in [3.05, 3.63) is 22.8 Å². The van der Waals surface area contributed by atoms with Crippen LogP contribution in [-0.2, 0) is 16.9 Å². The highest BCUT2D eigenvalue weighted by atomic mass is 35.5. The van der Waals surface area contributed by atoms with Gasteiger partial charge in [0.1, 0.15) is 0 Å². The molecule has 0 radical (unpaired) electrons. The van der Waals surface area contributed by atoms with Gasteiger partial charge in [0.05, 0.1) is 10.6 Å². The zero-order valence-corrected chi connectivity index (χ0v) is 8.03. The van der Waals surface area contributed by atoms with Gasteiger partial charge in [-0.25, -0.2) is 13.4 Å². The second-order valence-corrected chi connectivity index (χ2v) is 3.63. The molecule has 0 spiro atoms. The van der Waals surface area contributed by atoms with Crippen LogP contribution in [0.4, 0.5) is 13.2 Å². The van der Waals surface area contributed by atoms with Crippen molar-refractivity contribution < 1.29 is 21.6 Å². The molecule has 1 rings (SSSR count). The second kappa shape index (κ2) is 3.74. The van der Waals surface area contributed by atoms with E-state index in [2.05, 4.69) is 4.98 Å². The summed E-state index contributed by atoms with van der Waals surface area (Å²) in [5.74, 6) is 0. The zero-order chi connectivity index (χ0) is 10.9. The van der Waals surface area contributed by atoms with Gasteiger partial charge in [0.15, 0.2) is 15.7 Å². The van der Waals surface area contributed by atoms with Crippen LogP contribution >= 0.6 is 11.6 Å². The standard InChI is InChI=1S/C6H3ClF3NO2S/c7-4-1-3(6(8,9)10)2-11-5(4)14(12)13/h1-2,14H. The van der Waals surface area contributed by atoms with Gasteiger partial charge in [0.25, 0.3) is 0 Å². The van der Waals surface area contributed by atoms with E-state index in [1.807, 2.05) is 0 Å². The van der Waals surface area contributed by atoms with Crippen LogP contribution in [-0.4, -0.2) is 13.4 Å². The SMILES string of the molecule is O=[SH](=O)c1ncc(C(F)(F)F)cc1Cl. The minimum absolute atomic E-state index is 0.423. The summed E-state index contributed by atoms with van der Waals surface area (Å²) in [5.41, 5.74) is -1.08. The van der Waals surface area contributed by atoms with E-state index < -0.39 is 32.5 Å². The lowest BCUT2D eigenvalue weighted by Crippen LogP contribution is -2.06. The molecule has 0 aromatic carbocycles. The second-order valence-electron chi connectivity index (χ2n) is 2.28. The van der Waals surface area contributed by atoms with Crippen LogP contribution in [0.1, 0.15) is 5.56 Å². The van der Waals surface area contributed by atoms with Crippen molar-refractivity contribution in [2.24, 2.45) is 0 Å². The van der Waals surface area contributed by atoms with Gasteiger partial charge in [0.2, 0.25) is 0 Å². The quantitative estimate of drug-likeness (QED) is 0.767. The highest BCUT2D eigenvalue weighted by Gasteiger charge is 2.31. The molecule has 0 atom stereocenters. The fourth-order valence-electron chi connectivity index (χ4n) is 0.720. The molecule has 1 aromatic heterocycles. The van der Waals surface area contributed by atoms with Crippen LogP contribution in [0.25, 0.3) is 0 Å². The number of thiol groups is 1. The largest absolute Gasteiger partial charge is 0.417 e. The molecule has 0 amide bonds. The molecule has 0 N–H and O–H groups in total. The average molecular weight is 246 g/mol. The molecular formula is C6H3ClF3NO2S. The first-order chi connectivity index (χ1) is 6.32. The third kappa shape index (κ3) is 2.36. The first-order valence-corrected chi connectivity index (χ1v) is 4.75. The molecule has 0 fully saturated rings. The van der Waals surface area contributed by atoms with Crippen molar-refractivity contribution in [2.75, 3.05) is 0 Å². The number of nitrogens with zero attached hydrogens (tertiary/aromatic N) is 1. The van der Waals surface area contributed by atoms with Gasteiger partial charge in [-0.15, -0.1) is 0 Å². The van der Waals surface area contributed by atoms with Crippen LogP contribution in [0.5, 0.6) is 0 Å². The van der Waals surface area contributed by atoms with E-state index in [4.69, 9.17) is 11.6 Å². The molecule has 0 bridgehead atoms. The Bertz CT molecular complexity index is 422. The maximum Gasteiger partial charge on any atom is 0.417 e. The summed E-state index contributed by atoms with van der Waals surface area (Å²) in [5, 5.41) is -1.09. The molecular weight excluding hydrogens is 243 g/mol. The van der Waals surface area contributed by atoms with E-state index in [-0.39, 0.29) is 0 Å². The van der Waals surface area contributed by atoms with Gasteiger partial charge in [-0.3, -0.25) is 0 Å². The first kappa shape index (κ1) is 11.3. The van der Waals surface area contributed by atoms with Gasteiger partial charge in [-0.1, -0.05) is 11.6 Å². The minimum atomic E-state index is -4.58. The maximum absolute atomic E-state index is 12.1. The third-order valence-electron chi connectivity index (χ3n) is 1.32. The van der Waals surface area contributed by atoms with E-state index >= 15 is 0 Å². The summed E-state index contributed by atoms with van der Waals surface area (Å²) in [7, 11) is -3.08. The average Bonchev–Trinajstić information content (AvgIpc) is 2.01. The molecule has 8 heteroatoms. The Hall–Kier alpha value is -0.820. The molecule has 78 valence electrons. The Kier molecular flexibility index (Phi) is 3.01. The molecule has 0 aliphatic heterocycles. The molecule has 1 aromatic rings. The molecule has 14 heavy (non-hydrogen) atoms. The van der Waals surface area contributed by atoms with Crippen molar-refractivity contribution in [1.29, 1.82) is 0 Å². The van der Waals surface area contributed by atoms with Crippen molar-refractivity contribution in [3.8, 4) is 0 Å². The summed E-state index contributed by atoms with van der Waals surface area (Å²) in [4.78, 5) is 3.10. The number of rotatable bonds is 1. The monoisotopic (exact) mass is 245 g/mol. The number of hydrogen-bond acceptors (Lipinski definition) is 3. The summed E-state index contributed by atoms with van der Waals surface area (Å²) >= 11 is 5.28. The Balaban J connectivity index is 3.27. The van der Waals surface area contributed by atoms with Gasteiger partial charge >= 0.3 is 6.18 Å². The van der Waals surface area contributed by atoms with Crippen molar-refractivity contribution in [2.45, 2.75) is 11.2 Å². The molecule has 0 saturated carbocycles. The summed E-state index contributed by atoms with van der Waals surface area (Å²) in [6.45, 7) is 0. The Morgan fingerprint density at radius 1 is 1.36 bits per heavy atom. The Labute approximate surface area is 83.5 Å². The van der Waals surface area contributed by atoms with Gasteiger partial charge in [-0.2, -0.15) is 13.2 Å². The van der Waals surface area contributed by atoms with E-state index in [1.54, 1.807) is 0 Å². The lowest BCUT2D eigenvalue weighted by molar-refractivity contribution is -0.137. The highest BCUT2D eigenvalue weighted by Crippen LogP contribution is 2.31. The van der Waals surface area contributed by atoms with Gasteiger partial charge in [0, 0.05) is 6.20 Å². The molecule has 0 aliphatic rings. The predicted octanol–water partition coefficient (Wildman–Crippen LogP) is 1.72. The number of pyridine rings is 1. The van der Waals surface area contributed by atoms with Crippen LogP contribution in [0.2, 0.25) is 5.02 Å². The predicted molar refractivity (Wildman–Crippen MR) is 42.8 cm³/mol. The summed E-state index contributed by atoms with van der Waals surface area (Å²) in [6.07, 6.45) is -4.16. The van der Waals surface area contributed by atoms with E-state index in [0.717, 1.165) is 0 Å². The van der Waals surface area contributed by atoms with Gasteiger partial charge < -0.3 is 0 Å². The molecule has 1 heterocycles. The van der Waals surface area contributed by atoms with Crippen molar-refractivity contribution in [3.63, 3.8) is 0 Å². The molecule has 0 saturated heterocycles. The maximum atomic E-state index is 12.1. The van der Waals surface area contributed by atoms with E-state index in [1.165, 1.54) is 0 Å². The highest BCUT2D eigenvalue weighted by molar-refractivity contribution is 7.72. The summed E-state index contributed by atoms with van der Waals surface area (Å²) < 4.78 is 56.9. The van der Waals surface area contributed by atoms with Crippen LogP contribution < -0.4 is 0 Å². The molecule has 0 unspecified atom stereocenters. The van der Waals surface area contributed by atoms with Crippen molar-refractivity contribution in [1.82, 2.24) is 4.98 Å². The smallest absolute Gasteiger partial charge is 0.243 e. The Morgan fingerprint density at radius 3 is 2.29 bits per heavy atom. The lowest BCUT2D eigenvalue weighted by Gasteiger charge is -2.06. The normalized spacial score (nSPS) is 12.1. The molecule has 3 nitrogen and oxygen atoms in total. The van der Waals surface area contributed by atoms with E-state index in [0.29, 0.717) is 12.3 Å². The number of halogens is 4. The van der Waals surface area contributed by atoms with Gasteiger partial charge in [-0.05, 0) is 6.07 Å². The fraction of sp³-hybridized carbons (Fsp3) is 0.167. The first-order valence-electron chi connectivity index (χ1n) is 3.19. The molecule has 0 aliphatic carbocycles.